The Morgan fingerprint density at radius 1 is 1.41 bits per heavy atom. The van der Waals surface area contributed by atoms with Crippen molar-refractivity contribution in [1.82, 2.24) is 4.90 Å². The molecule has 4 nitrogen and oxygen atoms in total. The maximum absolute atomic E-state index is 13.2. The summed E-state index contributed by atoms with van der Waals surface area (Å²) in [7, 11) is 2.14. The van der Waals surface area contributed by atoms with Gasteiger partial charge >= 0.3 is 0 Å². The van der Waals surface area contributed by atoms with Gasteiger partial charge in [-0.05, 0) is 67.9 Å². The van der Waals surface area contributed by atoms with E-state index in [4.69, 9.17) is 5.41 Å². The molecule has 1 aliphatic carbocycles. The first-order valence-electron chi connectivity index (χ1n) is 9.55. The van der Waals surface area contributed by atoms with Crippen LogP contribution in [0.5, 0.6) is 0 Å². The van der Waals surface area contributed by atoms with Gasteiger partial charge in [-0.1, -0.05) is 17.7 Å². The second-order valence-electron chi connectivity index (χ2n) is 7.51. The van der Waals surface area contributed by atoms with Gasteiger partial charge in [-0.15, -0.1) is 11.8 Å². The maximum Gasteiger partial charge on any atom is 0.123 e. The largest absolute Gasteiger partial charge is 0.355 e. The summed E-state index contributed by atoms with van der Waals surface area (Å²) in [6.45, 7) is 9.80. The monoisotopic (exact) mass is 410 g/mol. The molecule has 6 heteroatoms. The smallest absolute Gasteiger partial charge is 0.123 e. The molecule has 1 fully saturated rings. The average Bonchev–Trinajstić information content (AvgIpc) is 2.72. The lowest BCUT2D eigenvalue weighted by molar-refractivity contribution is 0.196. The molecule has 0 bridgehead atoms. The van der Waals surface area contributed by atoms with Gasteiger partial charge < -0.3 is 15.6 Å². The quantitative estimate of drug-likeness (QED) is 0.454. The molecule has 152 valence electrons. The molecule has 0 spiro atoms. The van der Waals surface area contributed by atoms with Gasteiger partial charge in [0.2, 0.25) is 0 Å². The molecule has 1 atom stereocenters. The van der Waals surface area contributed by atoms with Crippen molar-refractivity contribution < 1.29 is 4.39 Å². The van der Waals surface area contributed by atoms with Gasteiger partial charge in [0, 0.05) is 48.1 Å². The van der Waals surface area contributed by atoms with Crippen LogP contribution in [0.25, 0.3) is 0 Å². The third kappa shape index (κ3) is 4.77. The van der Waals surface area contributed by atoms with Crippen molar-refractivity contribution in [2.45, 2.75) is 12.8 Å². The van der Waals surface area contributed by atoms with Crippen LogP contribution in [-0.2, 0) is 0 Å². The number of aliphatic imine (C=N–C) groups is 1. The standard InChI is InChI=1S/C23H27FN4S/c1-17(15-29-11-9-26-2)23-13-18(14-25)22(12-19(23)8-10-28(3)16-23)27-21-6-4-20(24)5-7-21/h4-7,9,11-12,14,25,27H,1-2,8,10,13,15-16H2,3H3/b11-9-,25-14?. The van der Waals surface area contributed by atoms with Crippen LogP contribution in [0.4, 0.5) is 10.1 Å². The molecule has 2 N–H and O–H groups in total. The van der Waals surface area contributed by atoms with E-state index in [1.165, 1.54) is 23.9 Å². The number of benzene rings is 1. The fraction of sp³-hybridized carbons (Fsp3) is 0.304. The van der Waals surface area contributed by atoms with Crippen LogP contribution in [-0.4, -0.2) is 43.7 Å². The number of hydrogen-bond acceptors (Lipinski definition) is 5. The fourth-order valence-corrected chi connectivity index (χ4v) is 4.78. The highest BCUT2D eigenvalue weighted by molar-refractivity contribution is 8.02. The van der Waals surface area contributed by atoms with Crippen molar-refractivity contribution in [3.63, 3.8) is 0 Å². The highest BCUT2D eigenvalue weighted by Crippen LogP contribution is 2.49. The lowest BCUT2D eigenvalue weighted by atomic mass is 9.64. The molecule has 29 heavy (non-hydrogen) atoms. The van der Waals surface area contributed by atoms with E-state index in [1.807, 2.05) is 5.41 Å². The number of allylic oxidation sites excluding steroid dienone is 2. The third-order valence-electron chi connectivity index (χ3n) is 5.57. The van der Waals surface area contributed by atoms with Gasteiger partial charge in [-0.25, -0.2) is 4.39 Å². The van der Waals surface area contributed by atoms with Gasteiger partial charge in [0.1, 0.15) is 5.82 Å². The Kier molecular flexibility index (Phi) is 6.87. The van der Waals surface area contributed by atoms with Crippen molar-refractivity contribution in [3.05, 3.63) is 76.8 Å². The zero-order valence-corrected chi connectivity index (χ0v) is 17.6. The minimum atomic E-state index is -0.261. The number of rotatable bonds is 8. The normalized spacial score (nSPS) is 22.2. The second kappa shape index (κ2) is 9.37. The van der Waals surface area contributed by atoms with Gasteiger partial charge in [0.15, 0.2) is 0 Å². The highest BCUT2D eigenvalue weighted by Gasteiger charge is 2.43. The first-order chi connectivity index (χ1) is 14.0. The Morgan fingerprint density at radius 3 is 2.86 bits per heavy atom. The Morgan fingerprint density at radius 2 is 2.17 bits per heavy atom. The van der Waals surface area contributed by atoms with E-state index in [9.17, 15) is 4.39 Å². The summed E-state index contributed by atoms with van der Waals surface area (Å²) >= 11 is 1.66. The number of halogens is 1. The molecule has 0 amide bonds. The summed E-state index contributed by atoms with van der Waals surface area (Å²) < 4.78 is 13.2. The molecule has 1 aliphatic heterocycles. The number of hydrogen-bond donors (Lipinski definition) is 2. The first-order valence-corrected chi connectivity index (χ1v) is 10.6. The minimum Gasteiger partial charge on any atom is -0.355 e. The third-order valence-corrected chi connectivity index (χ3v) is 6.40. The molecule has 0 saturated carbocycles. The van der Waals surface area contributed by atoms with E-state index in [2.05, 4.69) is 41.6 Å². The van der Waals surface area contributed by atoms with Crippen LogP contribution in [0.2, 0.25) is 0 Å². The second-order valence-corrected chi connectivity index (χ2v) is 8.41. The van der Waals surface area contributed by atoms with Crippen molar-refractivity contribution in [2.24, 2.45) is 10.4 Å². The first kappa shape index (κ1) is 21.3. The summed E-state index contributed by atoms with van der Waals surface area (Å²) in [5, 5.41) is 13.3. The Balaban J connectivity index is 1.90. The zero-order chi connectivity index (χ0) is 20.9. The van der Waals surface area contributed by atoms with Crippen LogP contribution in [0.3, 0.4) is 0 Å². The number of likely N-dealkylation sites (tertiary alicyclic amines) is 1. The van der Waals surface area contributed by atoms with Crippen LogP contribution in [0.1, 0.15) is 12.8 Å². The lowest BCUT2D eigenvalue weighted by Crippen LogP contribution is -2.46. The Hall–Kier alpha value is -2.44. The average molecular weight is 411 g/mol. The predicted octanol–water partition coefficient (Wildman–Crippen LogP) is 5.25. The Bertz CT molecular complexity index is 885. The predicted molar refractivity (Wildman–Crippen MR) is 123 cm³/mol. The number of thioether (sulfide) groups is 1. The van der Waals surface area contributed by atoms with Gasteiger partial charge in [-0.2, -0.15) is 0 Å². The van der Waals surface area contributed by atoms with Gasteiger partial charge in [0.25, 0.3) is 0 Å². The van der Waals surface area contributed by atoms with E-state index < -0.39 is 0 Å². The van der Waals surface area contributed by atoms with E-state index >= 15 is 0 Å². The highest BCUT2D eigenvalue weighted by atomic mass is 32.2. The molecule has 1 saturated heterocycles. The molecule has 3 rings (SSSR count). The molecule has 0 radical (unpaired) electrons. The summed E-state index contributed by atoms with van der Waals surface area (Å²) in [5.74, 6) is 0.533. The number of fused-ring (bicyclic) bond motifs is 1. The summed E-state index contributed by atoms with van der Waals surface area (Å²) in [6.07, 6.45) is 6.99. The van der Waals surface area contributed by atoms with Crippen LogP contribution < -0.4 is 5.32 Å². The van der Waals surface area contributed by atoms with Crippen molar-refractivity contribution in [1.29, 1.82) is 5.41 Å². The van der Waals surface area contributed by atoms with Gasteiger partial charge in [-0.3, -0.25) is 4.99 Å². The fourth-order valence-electron chi connectivity index (χ4n) is 4.03. The molecule has 1 heterocycles. The maximum atomic E-state index is 13.2. The number of anilines is 1. The van der Waals surface area contributed by atoms with Crippen molar-refractivity contribution in [3.8, 4) is 0 Å². The van der Waals surface area contributed by atoms with Crippen LogP contribution >= 0.6 is 11.8 Å². The number of nitrogens with one attached hydrogen (secondary N) is 2. The molecule has 1 aromatic rings. The minimum absolute atomic E-state index is 0.170. The SMILES string of the molecule is C=N/C=C\SCC(=C)C12CC(C=N)=C(Nc3ccc(F)cc3)C=C1CCN(C)C2. The van der Waals surface area contributed by atoms with E-state index in [0.29, 0.717) is 0 Å². The molecule has 1 aromatic carbocycles. The summed E-state index contributed by atoms with van der Waals surface area (Å²) in [6, 6.07) is 6.31. The van der Waals surface area contributed by atoms with Crippen LogP contribution in [0, 0.1) is 16.6 Å². The number of nitrogens with zero attached hydrogens (tertiary/aromatic N) is 2. The topological polar surface area (TPSA) is 51.5 Å². The Labute approximate surface area is 176 Å². The molecule has 1 unspecified atom stereocenters. The van der Waals surface area contributed by atoms with Crippen molar-refractivity contribution >= 4 is 30.4 Å². The van der Waals surface area contributed by atoms with Gasteiger partial charge in [0.05, 0.1) is 0 Å². The van der Waals surface area contributed by atoms with E-state index in [0.717, 1.165) is 54.2 Å². The summed E-state index contributed by atoms with van der Waals surface area (Å²) in [5.41, 5.74) is 5.00. The molecular weight excluding hydrogens is 383 g/mol. The van der Waals surface area contributed by atoms with E-state index in [1.54, 1.807) is 30.1 Å². The van der Waals surface area contributed by atoms with E-state index in [-0.39, 0.29) is 11.2 Å². The molecular formula is C23H27FN4S. The lowest BCUT2D eigenvalue weighted by Gasteiger charge is -2.47. The van der Waals surface area contributed by atoms with Crippen LogP contribution in [0.15, 0.2) is 75.9 Å². The molecule has 0 aromatic heterocycles. The molecule has 2 aliphatic rings. The number of piperidine rings is 1. The summed E-state index contributed by atoms with van der Waals surface area (Å²) in [4.78, 5) is 6.09. The zero-order valence-electron chi connectivity index (χ0n) is 16.7. The van der Waals surface area contributed by atoms with Crippen molar-refractivity contribution in [2.75, 3.05) is 31.2 Å².